The molecule has 7 heteroatoms. The highest BCUT2D eigenvalue weighted by atomic mass is 16.2. The molecule has 1 atom stereocenters. The van der Waals surface area contributed by atoms with Crippen molar-refractivity contribution in [2.24, 2.45) is 5.92 Å². The summed E-state index contributed by atoms with van der Waals surface area (Å²) in [4.78, 5) is 14.4. The van der Waals surface area contributed by atoms with E-state index in [1.54, 1.807) is 0 Å². The third-order valence-electron chi connectivity index (χ3n) is 4.47. The quantitative estimate of drug-likeness (QED) is 0.790. The van der Waals surface area contributed by atoms with Gasteiger partial charge >= 0.3 is 6.03 Å². The van der Waals surface area contributed by atoms with Crippen LogP contribution < -0.4 is 10.6 Å². The van der Waals surface area contributed by atoms with E-state index in [4.69, 9.17) is 0 Å². The summed E-state index contributed by atoms with van der Waals surface area (Å²) < 4.78 is 1.87. The van der Waals surface area contributed by atoms with Crippen LogP contribution >= 0.6 is 0 Å². The molecule has 0 radical (unpaired) electrons. The highest BCUT2D eigenvalue weighted by Crippen LogP contribution is 2.15. The zero-order chi connectivity index (χ0) is 16.8. The number of hydrogen-bond acceptors (Lipinski definition) is 4. The molecule has 2 aromatic rings. The van der Waals surface area contributed by atoms with Gasteiger partial charge in [0.1, 0.15) is 0 Å². The zero-order valence-corrected chi connectivity index (χ0v) is 14.2. The average Bonchev–Trinajstić information content (AvgIpc) is 3.00. The number of carbonyl (C=O) groups is 1. The fraction of sp³-hybridized carbons (Fsp3) is 0.588. The molecule has 0 bridgehead atoms. The molecule has 1 aliphatic heterocycles. The molecule has 0 aromatic carbocycles. The molecule has 3 heterocycles. The summed E-state index contributed by atoms with van der Waals surface area (Å²) in [5, 5.41) is 13.9. The molecule has 1 aliphatic rings. The molecule has 0 saturated carbocycles. The van der Waals surface area contributed by atoms with Gasteiger partial charge in [-0.2, -0.15) is 0 Å². The van der Waals surface area contributed by atoms with E-state index in [1.807, 2.05) is 28.8 Å². The lowest BCUT2D eigenvalue weighted by molar-refractivity contribution is 0.181. The predicted octanol–water partition coefficient (Wildman–Crippen LogP) is 1.65. The molecule has 2 N–H and O–H groups in total. The second-order valence-electron chi connectivity index (χ2n) is 6.56. The van der Waals surface area contributed by atoms with Gasteiger partial charge in [0.15, 0.2) is 11.5 Å². The van der Waals surface area contributed by atoms with Gasteiger partial charge in [0.2, 0.25) is 0 Å². The molecule has 2 aromatic heterocycles. The van der Waals surface area contributed by atoms with Crippen LogP contribution in [0, 0.1) is 5.92 Å². The molecule has 0 spiro atoms. The van der Waals surface area contributed by atoms with E-state index in [1.165, 1.54) is 25.9 Å². The Bertz CT molecular complexity index is 670. The maximum atomic E-state index is 11.9. The van der Waals surface area contributed by atoms with Crippen molar-refractivity contribution in [2.75, 3.05) is 26.2 Å². The fourth-order valence-electron chi connectivity index (χ4n) is 3.23. The van der Waals surface area contributed by atoms with E-state index < -0.39 is 0 Å². The number of carbonyl (C=O) groups excluding carboxylic acids is 1. The van der Waals surface area contributed by atoms with Crippen molar-refractivity contribution in [3.8, 4) is 0 Å². The SMILES string of the molecule is CC1CCCN(CCCNC(=O)NCc2nnc3ccccn23)C1. The third kappa shape index (κ3) is 4.44. The third-order valence-corrected chi connectivity index (χ3v) is 4.47. The number of piperidine rings is 1. The van der Waals surface area contributed by atoms with Crippen LogP contribution in [0.2, 0.25) is 0 Å². The Balaban J connectivity index is 1.34. The van der Waals surface area contributed by atoms with E-state index in [0.717, 1.165) is 30.4 Å². The van der Waals surface area contributed by atoms with Crippen LogP contribution in [0.25, 0.3) is 5.65 Å². The van der Waals surface area contributed by atoms with E-state index in [9.17, 15) is 4.79 Å². The number of fused-ring (bicyclic) bond motifs is 1. The van der Waals surface area contributed by atoms with Crippen molar-refractivity contribution < 1.29 is 4.79 Å². The topological polar surface area (TPSA) is 74.6 Å². The average molecular weight is 330 g/mol. The van der Waals surface area contributed by atoms with E-state index in [-0.39, 0.29) is 6.03 Å². The Morgan fingerprint density at radius 2 is 2.25 bits per heavy atom. The molecule has 3 rings (SSSR count). The lowest BCUT2D eigenvalue weighted by Gasteiger charge is -2.30. The molecule has 7 nitrogen and oxygen atoms in total. The smallest absolute Gasteiger partial charge is 0.315 e. The van der Waals surface area contributed by atoms with Gasteiger partial charge in [-0.1, -0.05) is 13.0 Å². The van der Waals surface area contributed by atoms with Crippen molar-refractivity contribution in [3.63, 3.8) is 0 Å². The molecular weight excluding hydrogens is 304 g/mol. The van der Waals surface area contributed by atoms with Gasteiger partial charge < -0.3 is 15.5 Å². The first-order chi connectivity index (χ1) is 11.7. The Morgan fingerprint density at radius 1 is 1.33 bits per heavy atom. The first-order valence-corrected chi connectivity index (χ1v) is 8.75. The lowest BCUT2D eigenvalue weighted by atomic mass is 10.0. The maximum Gasteiger partial charge on any atom is 0.315 e. The molecular formula is C17H26N6O. The van der Waals surface area contributed by atoms with E-state index in [0.29, 0.717) is 13.1 Å². The van der Waals surface area contributed by atoms with Crippen LogP contribution in [0.15, 0.2) is 24.4 Å². The van der Waals surface area contributed by atoms with Gasteiger partial charge in [0.25, 0.3) is 0 Å². The number of nitrogens with one attached hydrogen (secondary N) is 2. The van der Waals surface area contributed by atoms with Crippen molar-refractivity contribution >= 4 is 11.7 Å². The van der Waals surface area contributed by atoms with Crippen LogP contribution in [-0.4, -0.2) is 51.7 Å². The van der Waals surface area contributed by atoms with Crippen LogP contribution in [-0.2, 0) is 6.54 Å². The van der Waals surface area contributed by atoms with Gasteiger partial charge in [-0.15, -0.1) is 10.2 Å². The number of hydrogen-bond donors (Lipinski definition) is 2. The predicted molar refractivity (Wildman–Crippen MR) is 92.7 cm³/mol. The molecule has 1 fully saturated rings. The fourth-order valence-corrected chi connectivity index (χ4v) is 3.23. The van der Waals surface area contributed by atoms with Crippen molar-refractivity contribution in [1.82, 2.24) is 30.1 Å². The molecule has 0 aliphatic carbocycles. The van der Waals surface area contributed by atoms with Crippen LogP contribution in [0.3, 0.4) is 0 Å². The molecule has 24 heavy (non-hydrogen) atoms. The first-order valence-electron chi connectivity index (χ1n) is 8.75. The molecule has 2 amide bonds. The highest BCUT2D eigenvalue weighted by Gasteiger charge is 2.15. The van der Waals surface area contributed by atoms with Crippen molar-refractivity contribution in [3.05, 3.63) is 30.2 Å². The Morgan fingerprint density at radius 3 is 3.12 bits per heavy atom. The lowest BCUT2D eigenvalue weighted by Crippen LogP contribution is -2.39. The second kappa shape index (κ2) is 8.10. The Hall–Kier alpha value is -2.15. The summed E-state index contributed by atoms with van der Waals surface area (Å²) in [6, 6.07) is 5.56. The van der Waals surface area contributed by atoms with Gasteiger partial charge in [-0.25, -0.2) is 4.79 Å². The summed E-state index contributed by atoms with van der Waals surface area (Å²) in [7, 11) is 0. The summed E-state index contributed by atoms with van der Waals surface area (Å²) in [5.41, 5.74) is 0.783. The van der Waals surface area contributed by atoms with Crippen LogP contribution in [0.1, 0.15) is 32.0 Å². The second-order valence-corrected chi connectivity index (χ2v) is 6.56. The maximum absolute atomic E-state index is 11.9. The number of rotatable bonds is 6. The number of likely N-dealkylation sites (tertiary alicyclic amines) is 1. The molecule has 1 saturated heterocycles. The summed E-state index contributed by atoms with van der Waals surface area (Å²) in [5.74, 6) is 1.52. The van der Waals surface area contributed by atoms with E-state index >= 15 is 0 Å². The highest BCUT2D eigenvalue weighted by molar-refractivity contribution is 5.73. The number of nitrogens with zero attached hydrogens (tertiary/aromatic N) is 4. The van der Waals surface area contributed by atoms with Gasteiger partial charge in [-0.3, -0.25) is 4.40 Å². The van der Waals surface area contributed by atoms with Crippen LogP contribution in [0.5, 0.6) is 0 Å². The van der Waals surface area contributed by atoms with Crippen molar-refractivity contribution in [2.45, 2.75) is 32.7 Å². The number of pyridine rings is 1. The molecule has 130 valence electrons. The minimum absolute atomic E-state index is 0.158. The monoisotopic (exact) mass is 330 g/mol. The van der Waals surface area contributed by atoms with Gasteiger partial charge in [0, 0.05) is 19.3 Å². The normalized spacial score (nSPS) is 18.6. The number of urea groups is 1. The summed E-state index contributed by atoms with van der Waals surface area (Å²) in [6.07, 6.45) is 5.51. The van der Waals surface area contributed by atoms with E-state index in [2.05, 4.69) is 32.7 Å². The first kappa shape index (κ1) is 16.7. The largest absolute Gasteiger partial charge is 0.338 e. The standard InChI is InChI=1S/C17H26N6O/c1-14-6-4-9-22(13-14)10-5-8-18-17(24)19-12-16-21-20-15-7-2-3-11-23(15)16/h2-3,7,11,14H,4-6,8-10,12-13H2,1H3,(H2,18,19,24). The zero-order valence-electron chi connectivity index (χ0n) is 14.2. The summed E-state index contributed by atoms with van der Waals surface area (Å²) in [6.45, 7) is 6.80. The minimum Gasteiger partial charge on any atom is -0.338 e. The van der Waals surface area contributed by atoms with Crippen LogP contribution in [0.4, 0.5) is 4.79 Å². The summed E-state index contributed by atoms with van der Waals surface area (Å²) >= 11 is 0. The van der Waals surface area contributed by atoms with Gasteiger partial charge in [0.05, 0.1) is 6.54 Å². The number of aromatic nitrogens is 3. The Kier molecular flexibility index (Phi) is 5.63. The Labute approximate surface area is 142 Å². The number of amides is 2. The molecule has 1 unspecified atom stereocenters. The van der Waals surface area contributed by atoms with Crippen molar-refractivity contribution in [1.29, 1.82) is 0 Å². The minimum atomic E-state index is -0.158. The van der Waals surface area contributed by atoms with Gasteiger partial charge in [-0.05, 0) is 50.4 Å².